The van der Waals surface area contributed by atoms with Gasteiger partial charge in [0.25, 0.3) is 0 Å². The van der Waals surface area contributed by atoms with Crippen LogP contribution in [0, 0.1) is 0 Å². The van der Waals surface area contributed by atoms with Gasteiger partial charge in [0.15, 0.2) is 0 Å². The lowest BCUT2D eigenvalue weighted by Gasteiger charge is -2.14. The molecular formula is C16H21NO6. The van der Waals surface area contributed by atoms with E-state index >= 15 is 0 Å². The van der Waals surface area contributed by atoms with Gasteiger partial charge in [0.05, 0.1) is 7.11 Å². The van der Waals surface area contributed by atoms with E-state index in [4.69, 9.17) is 9.84 Å². The third-order valence-corrected chi connectivity index (χ3v) is 3.15. The second-order valence-electron chi connectivity index (χ2n) is 4.92. The van der Waals surface area contributed by atoms with Gasteiger partial charge in [-0.05, 0) is 18.4 Å². The van der Waals surface area contributed by atoms with Crippen LogP contribution < -0.4 is 5.32 Å². The van der Waals surface area contributed by atoms with Crippen LogP contribution in [0.2, 0.25) is 0 Å². The van der Waals surface area contributed by atoms with E-state index in [1.54, 1.807) is 12.1 Å². The van der Waals surface area contributed by atoms with E-state index in [0.717, 1.165) is 5.56 Å². The molecule has 0 aliphatic heterocycles. The number of esters is 1. The Morgan fingerprint density at radius 2 is 1.87 bits per heavy atom. The van der Waals surface area contributed by atoms with E-state index in [1.165, 1.54) is 7.11 Å². The molecule has 7 nitrogen and oxygen atoms in total. The summed E-state index contributed by atoms with van der Waals surface area (Å²) in [6.45, 7) is 0.0708. The zero-order valence-electron chi connectivity index (χ0n) is 13.0. The number of aliphatic carboxylic acids is 1. The standard InChI is InChI=1S/C16H21NO6/c1-22-14(18)10-6-5-9-13(15(19)20)17-16(21)23-11-12-7-3-2-4-8-12/h2-4,7-8,13H,5-6,9-11H2,1H3,(H,17,21)(H,19,20). The lowest BCUT2D eigenvalue weighted by molar-refractivity contribution is -0.140. The second kappa shape index (κ2) is 10.2. The number of hydrogen-bond donors (Lipinski definition) is 2. The van der Waals surface area contributed by atoms with Crippen molar-refractivity contribution in [3.05, 3.63) is 35.9 Å². The highest BCUT2D eigenvalue weighted by Crippen LogP contribution is 2.06. The maximum atomic E-state index is 11.6. The molecule has 7 heteroatoms. The van der Waals surface area contributed by atoms with Crippen LogP contribution in [0.5, 0.6) is 0 Å². The Balaban J connectivity index is 2.32. The Morgan fingerprint density at radius 3 is 2.48 bits per heavy atom. The molecule has 0 heterocycles. The van der Waals surface area contributed by atoms with Gasteiger partial charge in [-0.3, -0.25) is 4.79 Å². The van der Waals surface area contributed by atoms with Crippen molar-refractivity contribution >= 4 is 18.0 Å². The quantitative estimate of drug-likeness (QED) is 0.533. The third-order valence-electron chi connectivity index (χ3n) is 3.15. The van der Waals surface area contributed by atoms with Crippen molar-refractivity contribution in [1.29, 1.82) is 0 Å². The molecule has 1 rings (SSSR count). The molecular weight excluding hydrogens is 302 g/mol. The number of carbonyl (C=O) groups excluding carboxylic acids is 2. The molecule has 0 aromatic heterocycles. The molecule has 0 spiro atoms. The van der Waals surface area contributed by atoms with Gasteiger partial charge in [-0.1, -0.05) is 36.8 Å². The molecule has 0 saturated carbocycles. The smallest absolute Gasteiger partial charge is 0.408 e. The minimum absolute atomic E-state index is 0.0708. The molecule has 0 bridgehead atoms. The molecule has 23 heavy (non-hydrogen) atoms. The largest absolute Gasteiger partial charge is 0.480 e. The van der Waals surface area contributed by atoms with Crippen LogP contribution in [-0.2, 0) is 25.7 Å². The normalized spacial score (nSPS) is 11.3. The van der Waals surface area contributed by atoms with Gasteiger partial charge in [0, 0.05) is 6.42 Å². The molecule has 0 saturated heterocycles. The molecule has 0 radical (unpaired) electrons. The minimum Gasteiger partial charge on any atom is -0.480 e. The van der Waals surface area contributed by atoms with Crippen LogP contribution in [0.1, 0.15) is 31.2 Å². The van der Waals surface area contributed by atoms with Crippen LogP contribution in [-0.4, -0.2) is 36.3 Å². The molecule has 0 aliphatic carbocycles. The number of nitrogens with one attached hydrogen (secondary N) is 1. The molecule has 0 fully saturated rings. The number of benzene rings is 1. The minimum atomic E-state index is -1.14. The van der Waals surface area contributed by atoms with Gasteiger partial charge < -0.3 is 19.9 Å². The average molecular weight is 323 g/mol. The van der Waals surface area contributed by atoms with Crippen molar-refractivity contribution < 1.29 is 29.0 Å². The van der Waals surface area contributed by atoms with Crippen molar-refractivity contribution in [1.82, 2.24) is 5.32 Å². The monoisotopic (exact) mass is 323 g/mol. The second-order valence-corrected chi connectivity index (χ2v) is 4.92. The number of carboxylic acid groups (broad SMARTS) is 1. The highest BCUT2D eigenvalue weighted by molar-refractivity contribution is 5.79. The van der Waals surface area contributed by atoms with Gasteiger partial charge in [0.2, 0.25) is 0 Å². The Bertz CT molecular complexity index is 517. The Kier molecular flexibility index (Phi) is 8.20. The number of hydrogen-bond acceptors (Lipinski definition) is 5. The van der Waals surface area contributed by atoms with E-state index in [9.17, 15) is 14.4 Å². The number of amides is 1. The van der Waals surface area contributed by atoms with Gasteiger partial charge in [-0.15, -0.1) is 0 Å². The zero-order valence-corrected chi connectivity index (χ0v) is 13.0. The summed E-state index contributed by atoms with van der Waals surface area (Å²) < 4.78 is 9.48. The first-order valence-corrected chi connectivity index (χ1v) is 7.29. The maximum Gasteiger partial charge on any atom is 0.408 e. The Morgan fingerprint density at radius 1 is 1.17 bits per heavy atom. The zero-order chi connectivity index (χ0) is 17.1. The summed E-state index contributed by atoms with van der Waals surface area (Å²) in [6.07, 6.45) is 0.630. The summed E-state index contributed by atoms with van der Waals surface area (Å²) in [5.41, 5.74) is 0.813. The van der Waals surface area contributed by atoms with Crippen LogP contribution in [0.4, 0.5) is 4.79 Å². The molecule has 126 valence electrons. The number of methoxy groups -OCH3 is 1. The predicted molar refractivity (Wildman–Crippen MR) is 81.7 cm³/mol. The highest BCUT2D eigenvalue weighted by Gasteiger charge is 2.20. The first kappa shape index (κ1) is 18.5. The van der Waals surface area contributed by atoms with Gasteiger partial charge in [-0.2, -0.15) is 0 Å². The highest BCUT2D eigenvalue weighted by atomic mass is 16.5. The van der Waals surface area contributed by atoms with Crippen molar-refractivity contribution in [2.24, 2.45) is 0 Å². The van der Waals surface area contributed by atoms with Crippen LogP contribution >= 0.6 is 0 Å². The first-order valence-electron chi connectivity index (χ1n) is 7.29. The molecule has 0 aliphatic rings. The molecule has 2 N–H and O–H groups in total. The molecule has 1 aromatic carbocycles. The number of carboxylic acids is 1. The summed E-state index contributed by atoms with van der Waals surface area (Å²) >= 11 is 0. The predicted octanol–water partition coefficient (Wildman–Crippen LogP) is 2.10. The average Bonchev–Trinajstić information content (AvgIpc) is 2.56. The lowest BCUT2D eigenvalue weighted by Crippen LogP contribution is -2.41. The van der Waals surface area contributed by atoms with Crippen molar-refractivity contribution in [3.8, 4) is 0 Å². The summed E-state index contributed by atoms with van der Waals surface area (Å²) in [5.74, 6) is -1.48. The number of rotatable bonds is 9. The molecule has 1 aromatic rings. The number of unbranched alkanes of at least 4 members (excludes halogenated alkanes) is 1. The van der Waals surface area contributed by atoms with Gasteiger partial charge >= 0.3 is 18.0 Å². The fourth-order valence-electron chi connectivity index (χ4n) is 1.88. The number of ether oxygens (including phenoxy) is 2. The van der Waals surface area contributed by atoms with Gasteiger partial charge in [-0.25, -0.2) is 9.59 Å². The number of carbonyl (C=O) groups is 3. The van der Waals surface area contributed by atoms with Crippen molar-refractivity contribution in [3.63, 3.8) is 0 Å². The van der Waals surface area contributed by atoms with E-state index in [1.807, 2.05) is 18.2 Å². The van der Waals surface area contributed by atoms with E-state index in [0.29, 0.717) is 12.8 Å². The Hall–Kier alpha value is -2.57. The van der Waals surface area contributed by atoms with Crippen LogP contribution in [0.25, 0.3) is 0 Å². The molecule has 1 amide bonds. The Labute approximate surface area is 134 Å². The topological polar surface area (TPSA) is 102 Å². The molecule has 1 atom stereocenters. The number of alkyl carbamates (subject to hydrolysis) is 1. The summed E-state index contributed by atoms with van der Waals surface area (Å²) in [5, 5.41) is 11.4. The van der Waals surface area contributed by atoms with E-state index < -0.39 is 18.1 Å². The van der Waals surface area contributed by atoms with E-state index in [2.05, 4.69) is 10.1 Å². The third kappa shape index (κ3) is 7.85. The first-order chi connectivity index (χ1) is 11.0. The van der Waals surface area contributed by atoms with Crippen LogP contribution in [0.15, 0.2) is 30.3 Å². The SMILES string of the molecule is COC(=O)CCCCC(NC(=O)OCc1ccccc1)C(=O)O. The maximum absolute atomic E-state index is 11.6. The van der Waals surface area contributed by atoms with E-state index in [-0.39, 0.29) is 25.4 Å². The fraction of sp³-hybridized carbons (Fsp3) is 0.438. The summed E-state index contributed by atoms with van der Waals surface area (Å²) in [4.78, 5) is 33.7. The summed E-state index contributed by atoms with van der Waals surface area (Å²) in [6, 6.07) is 8.04. The van der Waals surface area contributed by atoms with Crippen molar-refractivity contribution in [2.45, 2.75) is 38.3 Å². The fourth-order valence-corrected chi connectivity index (χ4v) is 1.88. The van der Waals surface area contributed by atoms with Crippen LogP contribution in [0.3, 0.4) is 0 Å². The summed E-state index contributed by atoms with van der Waals surface area (Å²) in [7, 11) is 1.30. The van der Waals surface area contributed by atoms with Crippen molar-refractivity contribution in [2.75, 3.05) is 7.11 Å². The van der Waals surface area contributed by atoms with Gasteiger partial charge in [0.1, 0.15) is 12.6 Å². The lowest BCUT2D eigenvalue weighted by atomic mass is 10.1. The molecule has 1 unspecified atom stereocenters.